The van der Waals surface area contributed by atoms with Gasteiger partial charge in [-0.25, -0.2) is 18.4 Å². The number of fused-ring (bicyclic) bond motifs is 1. The molecular formula is C29H47N9O6S. The largest absolute Gasteiger partial charge is 0.383 e. The number of amides is 1. The number of piperazine rings is 1. The van der Waals surface area contributed by atoms with Crippen LogP contribution >= 0.6 is 0 Å². The van der Waals surface area contributed by atoms with Gasteiger partial charge in [0, 0.05) is 87.0 Å². The molecule has 5 rings (SSSR count). The van der Waals surface area contributed by atoms with Crippen molar-refractivity contribution in [3.05, 3.63) is 0 Å². The first-order valence-corrected chi connectivity index (χ1v) is 17.6. The van der Waals surface area contributed by atoms with Gasteiger partial charge in [0.25, 0.3) is 0 Å². The number of methoxy groups -OCH3 is 3. The van der Waals surface area contributed by atoms with Crippen LogP contribution in [0.1, 0.15) is 25.7 Å². The predicted octanol–water partition coefficient (Wildman–Crippen LogP) is 0.426. The van der Waals surface area contributed by atoms with Crippen molar-refractivity contribution in [3.8, 4) is 0 Å². The maximum atomic E-state index is 12.9. The van der Waals surface area contributed by atoms with E-state index in [2.05, 4.69) is 9.80 Å². The van der Waals surface area contributed by atoms with Gasteiger partial charge >= 0.3 is 0 Å². The molecule has 0 spiro atoms. The molecular weight excluding hydrogens is 602 g/mol. The lowest BCUT2D eigenvalue weighted by atomic mass is 10.1. The standard InChI is InChI=1S/C29H47N9O6S/c1-34-14-15-38(20-23(34)39)27-25-24(30-29(33-27)37(16-18-42-2)17-19-43-3)26(35-10-6-21(44-4)7-11-35)32-28(31-25)36-12-8-22(9-13-36)45(5,40)41/h21-22H,6-20H2,1-5H3. The lowest BCUT2D eigenvalue weighted by molar-refractivity contribution is -0.129. The molecule has 3 aliphatic rings. The molecule has 0 radical (unpaired) electrons. The van der Waals surface area contributed by atoms with Crippen LogP contribution in [0.15, 0.2) is 0 Å². The Bertz CT molecular complexity index is 1420. The number of carbonyl (C=O) groups excluding carboxylic acids is 1. The molecule has 5 heterocycles. The van der Waals surface area contributed by atoms with Crippen LogP contribution in [-0.4, -0.2) is 157 Å². The summed E-state index contributed by atoms with van der Waals surface area (Å²) in [7, 11) is 3.74. The van der Waals surface area contributed by atoms with E-state index in [0.29, 0.717) is 99.9 Å². The number of carbonyl (C=O) groups is 1. The Morgan fingerprint density at radius 3 is 1.96 bits per heavy atom. The summed E-state index contributed by atoms with van der Waals surface area (Å²) in [5, 5.41) is -0.371. The smallest absolute Gasteiger partial charge is 0.241 e. The molecule has 3 saturated heterocycles. The molecule has 0 aliphatic carbocycles. The van der Waals surface area contributed by atoms with E-state index in [1.54, 1.807) is 26.2 Å². The monoisotopic (exact) mass is 649 g/mol. The molecule has 0 unspecified atom stereocenters. The molecule has 45 heavy (non-hydrogen) atoms. The third-order valence-electron chi connectivity index (χ3n) is 9.06. The summed E-state index contributed by atoms with van der Waals surface area (Å²) in [6.07, 6.45) is 4.21. The van der Waals surface area contributed by atoms with Gasteiger partial charge in [-0.15, -0.1) is 0 Å². The number of likely N-dealkylation sites (N-methyl/N-ethyl adjacent to an activating group) is 1. The number of anilines is 4. The van der Waals surface area contributed by atoms with Gasteiger partial charge in [-0.3, -0.25) is 4.79 Å². The SMILES string of the molecule is COCCN(CCOC)c1nc(N2CCN(C)C(=O)C2)c2nc(N3CCC(S(C)(=O)=O)CC3)nc(N3CCC(OC)CC3)c2n1. The van der Waals surface area contributed by atoms with E-state index in [9.17, 15) is 13.2 Å². The van der Waals surface area contributed by atoms with Gasteiger partial charge in [0.2, 0.25) is 17.8 Å². The van der Waals surface area contributed by atoms with Crippen LogP contribution in [0.3, 0.4) is 0 Å². The van der Waals surface area contributed by atoms with Gasteiger partial charge in [0.05, 0.1) is 31.1 Å². The summed E-state index contributed by atoms with van der Waals surface area (Å²) in [6.45, 7) is 5.90. The highest BCUT2D eigenvalue weighted by atomic mass is 32.2. The van der Waals surface area contributed by atoms with Crippen LogP contribution < -0.4 is 19.6 Å². The van der Waals surface area contributed by atoms with Crippen molar-refractivity contribution in [1.82, 2.24) is 24.8 Å². The summed E-state index contributed by atoms with van der Waals surface area (Å²) < 4.78 is 41.0. The number of aromatic nitrogens is 4. The van der Waals surface area contributed by atoms with Crippen molar-refractivity contribution >= 4 is 50.3 Å². The average molecular weight is 650 g/mol. The molecule has 15 nitrogen and oxygen atoms in total. The topological polar surface area (TPSA) is 147 Å². The Balaban J connectivity index is 1.65. The molecule has 250 valence electrons. The lowest BCUT2D eigenvalue weighted by Crippen LogP contribution is -2.49. The van der Waals surface area contributed by atoms with Gasteiger partial charge in [-0.1, -0.05) is 0 Å². The Labute approximate surface area is 265 Å². The first kappa shape index (κ1) is 33.3. The Morgan fingerprint density at radius 1 is 0.778 bits per heavy atom. The van der Waals surface area contributed by atoms with Gasteiger partial charge in [0.1, 0.15) is 20.9 Å². The molecule has 0 saturated carbocycles. The number of piperidine rings is 2. The van der Waals surface area contributed by atoms with Crippen molar-refractivity contribution < 1.29 is 27.4 Å². The van der Waals surface area contributed by atoms with Crippen molar-refractivity contribution in [2.24, 2.45) is 0 Å². The molecule has 2 aromatic rings. The van der Waals surface area contributed by atoms with Gasteiger partial charge in [-0.05, 0) is 25.7 Å². The van der Waals surface area contributed by atoms with Crippen LogP contribution in [0.25, 0.3) is 11.0 Å². The number of hydrogen-bond acceptors (Lipinski definition) is 14. The first-order valence-electron chi connectivity index (χ1n) is 15.7. The zero-order valence-corrected chi connectivity index (χ0v) is 28.0. The molecule has 0 bridgehead atoms. The zero-order valence-electron chi connectivity index (χ0n) is 27.1. The van der Waals surface area contributed by atoms with E-state index in [1.807, 2.05) is 16.8 Å². The minimum Gasteiger partial charge on any atom is -0.383 e. The van der Waals surface area contributed by atoms with E-state index < -0.39 is 9.84 Å². The van der Waals surface area contributed by atoms with Crippen LogP contribution in [-0.2, 0) is 28.8 Å². The van der Waals surface area contributed by atoms with E-state index in [-0.39, 0.29) is 23.8 Å². The van der Waals surface area contributed by atoms with Gasteiger partial charge in [-0.2, -0.15) is 9.97 Å². The second-order valence-electron chi connectivity index (χ2n) is 12.0. The predicted molar refractivity (Wildman–Crippen MR) is 173 cm³/mol. The van der Waals surface area contributed by atoms with Gasteiger partial charge < -0.3 is 38.7 Å². The summed E-state index contributed by atoms with van der Waals surface area (Å²) in [6, 6.07) is 0. The maximum Gasteiger partial charge on any atom is 0.241 e. The molecule has 0 atom stereocenters. The van der Waals surface area contributed by atoms with Crippen molar-refractivity contribution in [2.45, 2.75) is 37.0 Å². The second kappa shape index (κ2) is 14.6. The number of rotatable bonds is 12. The molecule has 3 aliphatic heterocycles. The third-order valence-corrected chi connectivity index (χ3v) is 10.7. The molecule has 2 aromatic heterocycles. The van der Waals surface area contributed by atoms with Crippen molar-refractivity contribution in [2.75, 3.05) is 126 Å². The first-order chi connectivity index (χ1) is 21.6. The molecule has 0 aromatic carbocycles. The van der Waals surface area contributed by atoms with Crippen LogP contribution in [0.2, 0.25) is 0 Å². The summed E-state index contributed by atoms with van der Waals surface area (Å²) >= 11 is 0. The fourth-order valence-corrected chi connectivity index (χ4v) is 7.20. The number of ether oxygens (including phenoxy) is 3. The zero-order chi connectivity index (χ0) is 32.1. The Hall–Kier alpha value is -3.08. The molecule has 0 N–H and O–H groups in total. The molecule has 1 amide bonds. The highest BCUT2D eigenvalue weighted by Crippen LogP contribution is 2.35. The van der Waals surface area contributed by atoms with Crippen LogP contribution in [0, 0.1) is 0 Å². The quantitative estimate of drug-likeness (QED) is 0.313. The number of sulfone groups is 1. The lowest BCUT2D eigenvalue weighted by Gasteiger charge is -2.36. The average Bonchev–Trinajstić information content (AvgIpc) is 3.05. The van der Waals surface area contributed by atoms with Crippen LogP contribution in [0.4, 0.5) is 23.5 Å². The number of hydrogen-bond donors (Lipinski definition) is 0. The van der Waals surface area contributed by atoms with Crippen LogP contribution in [0.5, 0.6) is 0 Å². The van der Waals surface area contributed by atoms with E-state index in [4.69, 9.17) is 34.1 Å². The molecule has 3 fully saturated rings. The van der Waals surface area contributed by atoms with Crippen molar-refractivity contribution in [3.63, 3.8) is 0 Å². The second-order valence-corrected chi connectivity index (χ2v) is 14.4. The third kappa shape index (κ3) is 7.67. The number of nitrogens with zero attached hydrogens (tertiary/aromatic N) is 9. The Kier molecular flexibility index (Phi) is 10.8. The minimum absolute atomic E-state index is 0.00386. The summed E-state index contributed by atoms with van der Waals surface area (Å²) in [5.74, 6) is 2.31. The minimum atomic E-state index is -3.13. The highest BCUT2D eigenvalue weighted by Gasteiger charge is 2.32. The fraction of sp³-hybridized carbons (Fsp3) is 0.759. The van der Waals surface area contributed by atoms with E-state index in [1.165, 1.54) is 6.26 Å². The fourth-order valence-electron chi connectivity index (χ4n) is 6.13. The maximum absolute atomic E-state index is 12.9. The van der Waals surface area contributed by atoms with Gasteiger partial charge in [0.15, 0.2) is 11.6 Å². The highest BCUT2D eigenvalue weighted by molar-refractivity contribution is 7.91. The summed E-state index contributed by atoms with van der Waals surface area (Å²) in [4.78, 5) is 43.3. The summed E-state index contributed by atoms with van der Waals surface area (Å²) in [5.41, 5.74) is 1.19. The van der Waals surface area contributed by atoms with Crippen molar-refractivity contribution in [1.29, 1.82) is 0 Å². The normalized spacial score (nSPS) is 19.2. The Morgan fingerprint density at radius 2 is 1.38 bits per heavy atom. The van der Waals surface area contributed by atoms with E-state index >= 15 is 0 Å². The van der Waals surface area contributed by atoms with E-state index in [0.717, 1.165) is 25.9 Å². The molecule has 16 heteroatoms.